The highest BCUT2D eigenvalue weighted by Crippen LogP contribution is 2.16. The first-order valence-electron chi connectivity index (χ1n) is 5.86. The fourth-order valence-corrected chi connectivity index (χ4v) is 1.53. The van der Waals surface area contributed by atoms with E-state index in [0.717, 1.165) is 10.6 Å². The van der Waals surface area contributed by atoms with Crippen molar-refractivity contribution >= 4 is 11.9 Å². The molecule has 0 aliphatic carbocycles. The summed E-state index contributed by atoms with van der Waals surface area (Å²) in [5.41, 5.74) is 0.334. The third kappa shape index (κ3) is 4.20. The van der Waals surface area contributed by atoms with E-state index >= 15 is 0 Å². The normalized spacial score (nSPS) is 10.9. The molecular formula is C14H19NO3. The summed E-state index contributed by atoms with van der Waals surface area (Å²) >= 11 is 0. The molecule has 0 radical (unpaired) electrons. The number of hydrogen-bond acceptors (Lipinski definition) is 3. The molecule has 0 aromatic heterocycles. The molecule has 0 unspecified atom stereocenters. The van der Waals surface area contributed by atoms with Crippen LogP contribution in [0.25, 0.3) is 0 Å². The topological polar surface area (TPSA) is 46.6 Å². The smallest absolute Gasteiger partial charge is 0.329 e. The molecule has 1 aromatic rings. The molecule has 0 N–H and O–H groups in total. The van der Waals surface area contributed by atoms with Gasteiger partial charge < -0.3 is 4.84 Å². The summed E-state index contributed by atoms with van der Waals surface area (Å²) in [6.07, 6.45) is 0.214. The van der Waals surface area contributed by atoms with Crippen LogP contribution in [0.1, 0.15) is 33.3 Å². The summed E-state index contributed by atoms with van der Waals surface area (Å²) < 4.78 is 0. The van der Waals surface area contributed by atoms with Crippen molar-refractivity contribution in [3.05, 3.63) is 35.9 Å². The van der Waals surface area contributed by atoms with E-state index in [0.29, 0.717) is 0 Å². The molecule has 0 atom stereocenters. The molecule has 0 saturated carbocycles. The predicted molar refractivity (Wildman–Crippen MR) is 68.5 cm³/mol. The lowest BCUT2D eigenvalue weighted by Gasteiger charge is -2.32. The van der Waals surface area contributed by atoms with Crippen molar-refractivity contribution in [2.75, 3.05) is 0 Å². The van der Waals surface area contributed by atoms with Gasteiger partial charge in [0.25, 0.3) is 5.91 Å². The fraction of sp³-hybridized carbons (Fsp3) is 0.429. The van der Waals surface area contributed by atoms with Crippen molar-refractivity contribution in [1.29, 1.82) is 0 Å². The largest absolute Gasteiger partial charge is 0.338 e. The summed E-state index contributed by atoms with van der Waals surface area (Å²) in [7, 11) is 0. The Hall–Kier alpha value is -1.84. The zero-order valence-corrected chi connectivity index (χ0v) is 11.3. The van der Waals surface area contributed by atoms with Crippen LogP contribution in [0.3, 0.4) is 0 Å². The Morgan fingerprint density at radius 3 is 2.17 bits per heavy atom. The van der Waals surface area contributed by atoms with E-state index in [1.54, 1.807) is 0 Å². The van der Waals surface area contributed by atoms with Crippen molar-refractivity contribution in [1.82, 2.24) is 5.06 Å². The summed E-state index contributed by atoms with van der Waals surface area (Å²) in [4.78, 5) is 28.2. The van der Waals surface area contributed by atoms with Crippen LogP contribution in [0.2, 0.25) is 0 Å². The molecule has 0 aliphatic rings. The van der Waals surface area contributed by atoms with Gasteiger partial charge in [0.1, 0.15) is 0 Å². The predicted octanol–water partition coefficient (Wildman–Crippen LogP) is 2.33. The van der Waals surface area contributed by atoms with Crippen LogP contribution in [0.4, 0.5) is 0 Å². The molecule has 18 heavy (non-hydrogen) atoms. The minimum Gasteiger partial charge on any atom is -0.338 e. The number of hydroxylamine groups is 2. The molecule has 0 aliphatic heterocycles. The SMILES string of the molecule is CC(=O)ON(C(=O)Cc1ccccc1)C(C)(C)C. The van der Waals surface area contributed by atoms with E-state index in [2.05, 4.69) is 0 Å². The minimum atomic E-state index is -0.558. The fourth-order valence-electron chi connectivity index (χ4n) is 1.53. The van der Waals surface area contributed by atoms with E-state index in [-0.39, 0.29) is 12.3 Å². The number of carbonyl (C=O) groups excluding carboxylic acids is 2. The molecule has 0 spiro atoms. The van der Waals surface area contributed by atoms with Crippen molar-refractivity contribution in [3.63, 3.8) is 0 Å². The monoisotopic (exact) mass is 249 g/mol. The molecule has 0 bridgehead atoms. The van der Waals surface area contributed by atoms with Crippen molar-refractivity contribution < 1.29 is 14.4 Å². The van der Waals surface area contributed by atoms with Gasteiger partial charge in [-0.3, -0.25) is 9.59 Å². The van der Waals surface area contributed by atoms with Gasteiger partial charge in [-0.1, -0.05) is 30.3 Å². The van der Waals surface area contributed by atoms with Crippen LogP contribution in [-0.4, -0.2) is 22.5 Å². The number of nitrogens with zero attached hydrogens (tertiary/aromatic N) is 1. The first-order valence-corrected chi connectivity index (χ1v) is 5.86. The summed E-state index contributed by atoms with van der Waals surface area (Å²) in [6, 6.07) is 9.37. The third-order valence-corrected chi connectivity index (χ3v) is 2.25. The van der Waals surface area contributed by atoms with Crippen LogP contribution in [0.15, 0.2) is 30.3 Å². The second-order valence-electron chi connectivity index (χ2n) is 5.10. The molecular weight excluding hydrogens is 230 g/mol. The van der Waals surface area contributed by atoms with Crippen LogP contribution in [0.5, 0.6) is 0 Å². The van der Waals surface area contributed by atoms with Gasteiger partial charge in [-0.15, -0.1) is 0 Å². The average molecular weight is 249 g/mol. The Kier molecular flexibility index (Phi) is 4.48. The van der Waals surface area contributed by atoms with E-state index in [1.165, 1.54) is 6.92 Å². The summed E-state index contributed by atoms with van der Waals surface area (Å²) in [6.45, 7) is 6.74. The molecule has 1 aromatic carbocycles. The maximum atomic E-state index is 12.1. The summed E-state index contributed by atoms with van der Waals surface area (Å²) in [5, 5.41) is 1.14. The second kappa shape index (κ2) is 5.67. The minimum absolute atomic E-state index is 0.214. The standard InChI is InChI=1S/C14H19NO3/c1-11(16)18-15(14(2,3)4)13(17)10-12-8-6-5-7-9-12/h5-9H,10H2,1-4H3. The highest BCUT2D eigenvalue weighted by Gasteiger charge is 2.29. The quantitative estimate of drug-likeness (QED) is 0.756. The Balaban J connectivity index is 2.80. The molecule has 4 heteroatoms. The van der Waals surface area contributed by atoms with Crippen LogP contribution in [-0.2, 0) is 20.8 Å². The van der Waals surface area contributed by atoms with Gasteiger partial charge in [-0.25, -0.2) is 0 Å². The molecule has 1 rings (SSSR count). The van der Waals surface area contributed by atoms with Gasteiger partial charge in [0.2, 0.25) is 0 Å². The van der Waals surface area contributed by atoms with Crippen molar-refractivity contribution in [2.45, 2.75) is 39.7 Å². The number of carbonyl (C=O) groups is 2. The lowest BCUT2D eigenvalue weighted by atomic mass is 10.1. The highest BCUT2D eigenvalue weighted by atomic mass is 16.7. The number of hydrogen-bond donors (Lipinski definition) is 0. The van der Waals surface area contributed by atoms with E-state index < -0.39 is 11.5 Å². The Bertz CT molecular complexity index is 420. The zero-order valence-electron chi connectivity index (χ0n) is 11.3. The van der Waals surface area contributed by atoms with Crippen molar-refractivity contribution in [2.24, 2.45) is 0 Å². The number of rotatable bonds is 2. The molecule has 4 nitrogen and oxygen atoms in total. The number of benzene rings is 1. The van der Waals surface area contributed by atoms with Crippen LogP contribution in [0, 0.1) is 0 Å². The Morgan fingerprint density at radius 2 is 1.72 bits per heavy atom. The van der Waals surface area contributed by atoms with E-state index in [9.17, 15) is 9.59 Å². The molecule has 1 amide bonds. The average Bonchev–Trinajstić information content (AvgIpc) is 2.25. The third-order valence-electron chi connectivity index (χ3n) is 2.25. The first-order chi connectivity index (χ1) is 8.30. The van der Waals surface area contributed by atoms with Crippen LogP contribution >= 0.6 is 0 Å². The van der Waals surface area contributed by atoms with Crippen LogP contribution < -0.4 is 0 Å². The summed E-state index contributed by atoms with van der Waals surface area (Å²) in [5.74, 6) is -0.727. The second-order valence-corrected chi connectivity index (χ2v) is 5.10. The van der Waals surface area contributed by atoms with Crippen molar-refractivity contribution in [3.8, 4) is 0 Å². The molecule has 0 saturated heterocycles. The Morgan fingerprint density at radius 1 is 1.17 bits per heavy atom. The molecule has 98 valence electrons. The van der Waals surface area contributed by atoms with Gasteiger partial charge in [0.05, 0.1) is 12.0 Å². The zero-order chi connectivity index (χ0) is 13.8. The lowest BCUT2D eigenvalue weighted by Crippen LogP contribution is -2.47. The first kappa shape index (κ1) is 14.2. The van der Waals surface area contributed by atoms with E-state index in [4.69, 9.17) is 4.84 Å². The van der Waals surface area contributed by atoms with Gasteiger partial charge in [-0.05, 0) is 26.3 Å². The Labute approximate surface area is 108 Å². The highest BCUT2D eigenvalue weighted by molar-refractivity contribution is 5.80. The molecule has 0 fully saturated rings. The van der Waals surface area contributed by atoms with Gasteiger partial charge in [-0.2, -0.15) is 5.06 Å². The van der Waals surface area contributed by atoms with Gasteiger partial charge in [0.15, 0.2) is 0 Å². The van der Waals surface area contributed by atoms with Gasteiger partial charge >= 0.3 is 5.97 Å². The lowest BCUT2D eigenvalue weighted by molar-refractivity contribution is -0.214. The van der Waals surface area contributed by atoms with E-state index in [1.807, 2.05) is 51.1 Å². The maximum Gasteiger partial charge on any atom is 0.329 e. The molecule has 0 heterocycles. The maximum absolute atomic E-state index is 12.1. The van der Waals surface area contributed by atoms with Gasteiger partial charge in [0, 0.05) is 6.92 Å². The number of amides is 1.